The van der Waals surface area contributed by atoms with Gasteiger partial charge < -0.3 is 24.4 Å². The minimum absolute atomic E-state index is 0.228. The fraction of sp³-hybridized carbons (Fsp3) is 0.462. The summed E-state index contributed by atoms with van der Waals surface area (Å²) in [6, 6.07) is 15.9. The van der Waals surface area contributed by atoms with E-state index in [1.807, 2.05) is 53.4 Å². The van der Waals surface area contributed by atoms with Gasteiger partial charge in [0.25, 0.3) is 0 Å². The molecule has 2 aromatic rings. The number of carboxylic acid groups (broad SMARTS) is 1. The molecule has 2 aromatic carbocycles. The van der Waals surface area contributed by atoms with Crippen molar-refractivity contribution in [1.29, 1.82) is 0 Å². The average molecular weight is 511 g/mol. The second-order valence-corrected chi connectivity index (χ2v) is 8.70. The van der Waals surface area contributed by atoms with Crippen LogP contribution in [-0.2, 0) is 22.7 Å². The molecule has 0 unspecified atom stereocenters. The summed E-state index contributed by atoms with van der Waals surface area (Å²) in [5.41, 5.74) is 2.21. The maximum atomic E-state index is 13.2. The van der Waals surface area contributed by atoms with Gasteiger partial charge in [-0.3, -0.25) is 4.79 Å². The van der Waals surface area contributed by atoms with E-state index in [4.69, 9.17) is 19.4 Å². The van der Waals surface area contributed by atoms with Crippen LogP contribution in [0.15, 0.2) is 48.5 Å². The van der Waals surface area contributed by atoms with Crippen molar-refractivity contribution in [3.63, 3.8) is 0 Å². The molecule has 0 aromatic heterocycles. The van der Waals surface area contributed by atoms with E-state index in [1.54, 1.807) is 14.2 Å². The zero-order valence-corrected chi connectivity index (χ0v) is 20.8. The molecule has 1 N–H and O–H groups in total. The Bertz CT molecular complexity index is 908. The number of hydrogen-bond donors (Lipinski definition) is 1. The number of alkyl halides is 3. The van der Waals surface area contributed by atoms with E-state index in [1.165, 1.54) is 0 Å². The molecule has 1 fully saturated rings. The van der Waals surface area contributed by atoms with Gasteiger partial charge in [-0.2, -0.15) is 13.2 Å². The van der Waals surface area contributed by atoms with Crippen LogP contribution in [0, 0.1) is 5.92 Å². The molecule has 0 radical (unpaired) electrons. The molecule has 1 aliphatic rings. The third kappa shape index (κ3) is 9.77. The summed E-state index contributed by atoms with van der Waals surface area (Å²) in [5, 5.41) is 7.12. The van der Waals surface area contributed by atoms with Crippen molar-refractivity contribution in [2.45, 2.75) is 38.5 Å². The standard InChI is InChI=1S/C24H32N2O3.C2HF3O2/c1-25-14-12-19(13-15-25)16-24(27)26(17-20-4-8-22(28-2)9-5-20)18-21-6-10-23(29-3)11-7-21;3-2(4,5)1(6)7/h4-11,19H,12-18H2,1-3H3;(H,6,7). The number of rotatable bonds is 8. The summed E-state index contributed by atoms with van der Waals surface area (Å²) in [7, 11) is 5.48. The molecule has 0 saturated carbocycles. The van der Waals surface area contributed by atoms with E-state index in [-0.39, 0.29) is 5.91 Å². The Morgan fingerprint density at radius 3 is 1.64 bits per heavy atom. The number of halogens is 3. The summed E-state index contributed by atoms with van der Waals surface area (Å²) in [5.74, 6) is -0.396. The number of carbonyl (C=O) groups is 2. The molecule has 0 aliphatic carbocycles. The lowest BCUT2D eigenvalue weighted by Gasteiger charge is -2.31. The minimum atomic E-state index is -5.08. The summed E-state index contributed by atoms with van der Waals surface area (Å²) in [4.78, 5) is 26.4. The van der Waals surface area contributed by atoms with E-state index in [0.717, 1.165) is 48.6 Å². The first-order valence-electron chi connectivity index (χ1n) is 11.5. The molecule has 0 atom stereocenters. The van der Waals surface area contributed by atoms with Crippen LogP contribution in [0.4, 0.5) is 13.2 Å². The smallest absolute Gasteiger partial charge is 0.490 e. The van der Waals surface area contributed by atoms with E-state index >= 15 is 0 Å². The van der Waals surface area contributed by atoms with Gasteiger partial charge in [-0.05, 0) is 74.3 Å². The number of aliphatic carboxylic acids is 1. The van der Waals surface area contributed by atoms with Crippen LogP contribution >= 0.6 is 0 Å². The Morgan fingerprint density at radius 2 is 1.31 bits per heavy atom. The highest BCUT2D eigenvalue weighted by atomic mass is 19.4. The van der Waals surface area contributed by atoms with Crippen LogP contribution in [0.5, 0.6) is 11.5 Å². The number of piperidine rings is 1. The fourth-order valence-electron chi connectivity index (χ4n) is 3.78. The summed E-state index contributed by atoms with van der Waals surface area (Å²) in [6.07, 6.45) is -2.26. The number of methoxy groups -OCH3 is 2. The highest BCUT2D eigenvalue weighted by Gasteiger charge is 2.38. The van der Waals surface area contributed by atoms with Gasteiger partial charge in [0.05, 0.1) is 14.2 Å². The summed E-state index contributed by atoms with van der Waals surface area (Å²) in [6.45, 7) is 3.35. The van der Waals surface area contributed by atoms with E-state index in [9.17, 15) is 18.0 Å². The van der Waals surface area contributed by atoms with Crippen LogP contribution < -0.4 is 9.47 Å². The first kappa shape index (κ1) is 29.0. The molecule has 36 heavy (non-hydrogen) atoms. The Kier molecular flexibility index (Phi) is 11.0. The van der Waals surface area contributed by atoms with Crippen molar-refractivity contribution < 1.29 is 37.3 Å². The number of carboxylic acids is 1. The van der Waals surface area contributed by atoms with Crippen LogP contribution in [0.1, 0.15) is 30.4 Å². The lowest BCUT2D eigenvalue weighted by molar-refractivity contribution is -0.192. The van der Waals surface area contributed by atoms with Crippen LogP contribution in [0.2, 0.25) is 0 Å². The summed E-state index contributed by atoms with van der Waals surface area (Å²) >= 11 is 0. The Balaban J connectivity index is 0.000000572. The van der Waals surface area contributed by atoms with Gasteiger partial charge in [0.2, 0.25) is 5.91 Å². The number of hydrogen-bond acceptors (Lipinski definition) is 5. The molecule has 0 bridgehead atoms. The maximum Gasteiger partial charge on any atom is 0.490 e. The number of nitrogens with zero attached hydrogens (tertiary/aromatic N) is 2. The lowest BCUT2D eigenvalue weighted by atomic mass is 9.93. The lowest BCUT2D eigenvalue weighted by Crippen LogP contribution is -2.35. The van der Waals surface area contributed by atoms with E-state index < -0.39 is 12.1 Å². The number of carbonyl (C=O) groups excluding carboxylic acids is 1. The van der Waals surface area contributed by atoms with Crippen molar-refractivity contribution >= 4 is 11.9 Å². The molecule has 3 rings (SSSR count). The monoisotopic (exact) mass is 510 g/mol. The molecule has 1 aliphatic heterocycles. The van der Waals surface area contributed by atoms with Gasteiger partial charge in [-0.25, -0.2) is 4.79 Å². The van der Waals surface area contributed by atoms with Gasteiger partial charge in [-0.15, -0.1) is 0 Å². The second kappa shape index (κ2) is 13.7. The fourth-order valence-corrected chi connectivity index (χ4v) is 3.78. The van der Waals surface area contributed by atoms with Crippen molar-refractivity contribution in [3.05, 3.63) is 59.7 Å². The highest BCUT2D eigenvalue weighted by molar-refractivity contribution is 5.76. The zero-order chi connectivity index (χ0) is 26.7. The molecule has 10 heteroatoms. The molecular formula is C26H33F3N2O5. The topological polar surface area (TPSA) is 79.3 Å². The Labute approximate surface area is 209 Å². The van der Waals surface area contributed by atoms with Gasteiger partial charge in [0.15, 0.2) is 0 Å². The van der Waals surface area contributed by atoms with Crippen molar-refractivity contribution in [1.82, 2.24) is 9.80 Å². The normalized spacial score (nSPS) is 14.4. The van der Waals surface area contributed by atoms with Gasteiger partial charge in [-0.1, -0.05) is 24.3 Å². The van der Waals surface area contributed by atoms with Gasteiger partial charge in [0, 0.05) is 19.5 Å². The number of amides is 1. The number of likely N-dealkylation sites (tertiary alicyclic amines) is 1. The molecule has 7 nitrogen and oxygen atoms in total. The predicted octanol–water partition coefficient (Wildman–Crippen LogP) is 4.60. The van der Waals surface area contributed by atoms with Crippen molar-refractivity contribution in [2.24, 2.45) is 5.92 Å². The largest absolute Gasteiger partial charge is 0.497 e. The van der Waals surface area contributed by atoms with Crippen LogP contribution in [0.25, 0.3) is 0 Å². The van der Waals surface area contributed by atoms with Crippen LogP contribution in [0.3, 0.4) is 0 Å². The number of ether oxygens (including phenoxy) is 2. The third-order valence-corrected chi connectivity index (χ3v) is 5.96. The predicted molar refractivity (Wildman–Crippen MR) is 129 cm³/mol. The average Bonchev–Trinajstić information content (AvgIpc) is 2.85. The first-order chi connectivity index (χ1) is 17.0. The second-order valence-electron chi connectivity index (χ2n) is 8.70. The summed E-state index contributed by atoms with van der Waals surface area (Å²) < 4.78 is 42.2. The Morgan fingerprint density at radius 1 is 0.917 bits per heavy atom. The van der Waals surface area contributed by atoms with E-state index in [0.29, 0.717) is 25.4 Å². The molecule has 0 spiro atoms. The molecule has 198 valence electrons. The van der Waals surface area contributed by atoms with Gasteiger partial charge >= 0.3 is 12.1 Å². The third-order valence-electron chi connectivity index (χ3n) is 5.96. The number of benzene rings is 2. The van der Waals surface area contributed by atoms with Crippen molar-refractivity contribution in [2.75, 3.05) is 34.4 Å². The molecule has 1 heterocycles. The zero-order valence-electron chi connectivity index (χ0n) is 20.8. The Hall–Kier alpha value is -3.27. The van der Waals surface area contributed by atoms with Crippen LogP contribution in [-0.4, -0.2) is 67.3 Å². The van der Waals surface area contributed by atoms with Gasteiger partial charge in [0.1, 0.15) is 11.5 Å². The quantitative estimate of drug-likeness (QED) is 0.559. The maximum absolute atomic E-state index is 13.2. The molecule has 1 amide bonds. The van der Waals surface area contributed by atoms with E-state index in [2.05, 4.69) is 11.9 Å². The highest BCUT2D eigenvalue weighted by Crippen LogP contribution is 2.23. The van der Waals surface area contributed by atoms with Crippen molar-refractivity contribution in [3.8, 4) is 11.5 Å². The molecular weight excluding hydrogens is 477 g/mol. The first-order valence-corrected chi connectivity index (χ1v) is 11.5. The minimum Gasteiger partial charge on any atom is -0.497 e. The molecule has 1 saturated heterocycles. The SMILES string of the molecule is COc1ccc(CN(Cc2ccc(OC)cc2)C(=O)CC2CCN(C)CC2)cc1.O=C(O)C(F)(F)F.